The molecule has 0 N–H and O–H groups in total. The van der Waals surface area contributed by atoms with E-state index in [-0.39, 0.29) is 17.9 Å². The standard InChI is InChI=1S/C22H27ClN2O2/c1-25(14-11-20-4-2-3-15-27-20)22(26)21(16-17-9-12-24-13-10-17)18-5-7-19(23)8-6-18/h5-10,12-13,20-21H,2-4,11,14-16H2,1H3. The van der Waals surface area contributed by atoms with E-state index >= 15 is 0 Å². The molecule has 1 aliphatic heterocycles. The summed E-state index contributed by atoms with van der Waals surface area (Å²) in [5, 5.41) is 0.677. The van der Waals surface area contributed by atoms with E-state index in [1.165, 1.54) is 6.42 Å². The van der Waals surface area contributed by atoms with Crippen molar-refractivity contribution in [1.29, 1.82) is 0 Å². The van der Waals surface area contributed by atoms with Gasteiger partial charge in [-0.3, -0.25) is 9.78 Å². The quantitative estimate of drug-likeness (QED) is 0.704. The van der Waals surface area contributed by atoms with Gasteiger partial charge in [0.1, 0.15) is 0 Å². The van der Waals surface area contributed by atoms with Gasteiger partial charge < -0.3 is 9.64 Å². The van der Waals surface area contributed by atoms with Crippen molar-refractivity contribution in [2.45, 2.75) is 44.1 Å². The minimum Gasteiger partial charge on any atom is -0.378 e. The lowest BCUT2D eigenvalue weighted by Crippen LogP contribution is -2.35. The third kappa shape index (κ3) is 5.78. The highest BCUT2D eigenvalue weighted by Gasteiger charge is 2.25. The lowest BCUT2D eigenvalue weighted by Gasteiger charge is -2.28. The van der Waals surface area contributed by atoms with E-state index in [0.717, 1.165) is 37.0 Å². The second-order valence-electron chi connectivity index (χ2n) is 7.20. The predicted octanol–water partition coefficient (Wildman–Crippen LogP) is 4.48. The molecule has 2 heterocycles. The first-order valence-electron chi connectivity index (χ1n) is 9.64. The highest BCUT2D eigenvalue weighted by Crippen LogP contribution is 2.25. The molecule has 1 amide bonds. The predicted molar refractivity (Wildman–Crippen MR) is 108 cm³/mol. The summed E-state index contributed by atoms with van der Waals surface area (Å²) < 4.78 is 5.80. The number of likely N-dealkylation sites (N-methyl/N-ethyl adjacent to an activating group) is 1. The molecule has 144 valence electrons. The van der Waals surface area contributed by atoms with Gasteiger partial charge in [-0.05, 0) is 67.5 Å². The summed E-state index contributed by atoms with van der Waals surface area (Å²) in [5.74, 6) is -0.105. The van der Waals surface area contributed by atoms with Gasteiger partial charge in [0, 0.05) is 37.6 Å². The fourth-order valence-electron chi connectivity index (χ4n) is 3.55. The number of hydrogen-bond donors (Lipinski definition) is 0. The van der Waals surface area contributed by atoms with Gasteiger partial charge in [-0.25, -0.2) is 0 Å². The van der Waals surface area contributed by atoms with Crippen molar-refractivity contribution in [3.8, 4) is 0 Å². The number of nitrogens with zero attached hydrogens (tertiary/aromatic N) is 2. The van der Waals surface area contributed by atoms with Gasteiger partial charge in [-0.2, -0.15) is 0 Å². The summed E-state index contributed by atoms with van der Waals surface area (Å²) >= 11 is 6.04. The van der Waals surface area contributed by atoms with E-state index in [4.69, 9.17) is 16.3 Å². The van der Waals surface area contributed by atoms with Crippen molar-refractivity contribution in [2.24, 2.45) is 0 Å². The van der Waals surface area contributed by atoms with Crippen LogP contribution in [0.1, 0.15) is 42.7 Å². The Hall–Kier alpha value is -1.91. The molecule has 27 heavy (non-hydrogen) atoms. The number of amides is 1. The number of carbonyl (C=O) groups excluding carboxylic acids is 1. The molecular formula is C22H27ClN2O2. The van der Waals surface area contributed by atoms with Gasteiger partial charge in [0.2, 0.25) is 5.91 Å². The van der Waals surface area contributed by atoms with E-state index in [2.05, 4.69) is 4.98 Å². The van der Waals surface area contributed by atoms with Crippen LogP contribution in [0, 0.1) is 0 Å². The van der Waals surface area contributed by atoms with E-state index in [9.17, 15) is 4.79 Å². The second-order valence-corrected chi connectivity index (χ2v) is 7.64. The van der Waals surface area contributed by atoms with E-state index in [1.54, 1.807) is 12.4 Å². The first-order chi connectivity index (χ1) is 13.1. The summed E-state index contributed by atoms with van der Waals surface area (Å²) in [6, 6.07) is 11.5. The topological polar surface area (TPSA) is 42.4 Å². The average Bonchev–Trinajstić information content (AvgIpc) is 2.72. The SMILES string of the molecule is CN(CCC1CCCCO1)C(=O)C(Cc1ccncc1)c1ccc(Cl)cc1. The molecule has 0 bridgehead atoms. The molecule has 1 aliphatic rings. The Morgan fingerprint density at radius 1 is 1.22 bits per heavy atom. The van der Waals surface area contributed by atoms with Crippen LogP contribution in [0.5, 0.6) is 0 Å². The lowest BCUT2D eigenvalue weighted by atomic mass is 9.91. The van der Waals surface area contributed by atoms with Crippen LogP contribution in [0.15, 0.2) is 48.8 Å². The summed E-state index contributed by atoms with van der Waals surface area (Å²) in [5.41, 5.74) is 2.09. The third-order valence-corrected chi connectivity index (χ3v) is 5.45. The van der Waals surface area contributed by atoms with Crippen molar-refractivity contribution < 1.29 is 9.53 Å². The van der Waals surface area contributed by atoms with Gasteiger partial charge in [0.25, 0.3) is 0 Å². The second kappa shape index (κ2) is 9.86. The first-order valence-corrected chi connectivity index (χ1v) is 10.0. The number of carbonyl (C=O) groups is 1. The highest BCUT2D eigenvalue weighted by atomic mass is 35.5. The number of aromatic nitrogens is 1. The average molecular weight is 387 g/mol. The van der Waals surface area contributed by atoms with Crippen LogP contribution in [0.2, 0.25) is 5.02 Å². The number of hydrogen-bond acceptors (Lipinski definition) is 3. The van der Waals surface area contributed by atoms with E-state index < -0.39 is 0 Å². The van der Waals surface area contributed by atoms with Crippen LogP contribution in [-0.4, -0.2) is 42.1 Å². The Bertz CT molecular complexity index is 715. The monoisotopic (exact) mass is 386 g/mol. The summed E-state index contributed by atoms with van der Waals surface area (Å²) in [6.45, 7) is 1.56. The van der Waals surface area contributed by atoms with Gasteiger partial charge in [-0.15, -0.1) is 0 Å². The molecule has 0 spiro atoms. The van der Waals surface area contributed by atoms with Crippen molar-refractivity contribution >= 4 is 17.5 Å². The maximum absolute atomic E-state index is 13.2. The van der Waals surface area contributed by atoms with Crippen LogP contribution < -0.4 is 0 Å². The van der Waals surface area contributed by atoms with Gasteiger partial charge >= 0.3 is 0 Å². The van der Waals surface area contributed by atoms with Crippen molar-refractivity contribution in [2.75, 3.05) is 20.2 Å². The largest absolute Gasteiger partial charge is 0.378 e. The van der Waals surface area contributed by atoms with E-state index in [0.29, 0.717) is 18.0 Å². The zero-order valence-electron chi connectivity index (χ0n) is 15.8. The number of pyridine rings is 1. The highest BCUT2D eigenvalue weighted by molar-refractivity contribution is 6.30. The lowest BCUT2D eigenvalue weighted by molar-refractivity contribution is -0.132. The smallest absolute Gasteiger partial charge is 0.230 e. The molecule has 5 heteroatoms. The summed E-state index contributed by atoms with van der Waals surface area (Å²) in [6.07, 6.45) is 8.82. The Labute approximate surface area is 166 Å². The molecule has 1 aromatic carbocycles. The number of ether oxygens (including phenoxy) is 1. The number of halogens is 1. The maximum atomic E-state index is 13.2. The Balaban J connectivity index is 1.70. The van der Waals surface area contributed by atoms with Gasteiger partial charge in [0.05, 0.1) is 12.0 Å². The van der Waals surface area contributed by atoms with Crippen LogP contribution in [0.3, 0.4) is 0 Å². The summed E-state index contributed by atoms with van der Waals surface area (Å²) in [7, 11) is 1.89. The molecule has 1 fully saturated rings. The molecule has 0 radical (unpaired) electrons. The zero-order valence-corrected chi connectivity index (χ0v) is 16.6. The van der Waals surface area contributed by atoms with Gasteiger partial charge in [-0.1, -0.05) is 23.7 Å². The van der Waals surface area contributed by atoms with Crippen LogP contribution in [0.4, 0.5) is 0 Å². The van der Waals surface area contributed by atoms with Crippen LogP contribution in [0.25, 0.3) is 0 Å². The molecule has 2 unspecified atom stereocenters. The number of benzene rings is 1. The van der Waals surface area contributed by atoms with E-state index in [1.807, 2.05) is 48.3 Å². The van der Waals surface area contributed by atoms with Crippen LogP contribution in [-0.2, 0) is 16.0 Å². The molecule has 1 saturated heterocycles. The third-order valence-electron chi connectivity index (χ3n) is 5.20. The summed E-state index contributed by atoms with van der Waals surface area (Å²) in [4.78, 5) is 19.2. The Morgan fingerprint density at radius 2 is 1.96 bits per heavy atom. The molecule has 0 saturated carbocycles. The first kappa shape index (κ1) is 19.8. The number of rotatable bonds is 7. The Kier molecular flexibility index (Phi) is 7.25. The van der Waals surface area contributed by atoms with Crippen molar-refractivity contribution in [3.05, 3.63) is 64.9 Å². The fourth-order valence-corrected chi connectivity index (χ4v) is 3.67. The van der Waals surface area contributed by atoms with Crippen molar-refractivity contribution in [1.82, 2.24) is 9.88 Å². The molecular weight excluding hydrogens is 360 g/mol. The van der Waals surface area contributed by atoms with Gasteiger partial charge in [0.15, 0.2) is 0 Å². The zero-order chi connectivity index (χ0) is 19.1. The van der Waals surface area contributed by atoms with Crippen LogP contribution >= 0.6 is 11.6 Å². The molecule has 0 aliphatic carbocycles. The fraction of sp³-hybridized carbons (Fsp3) is 0.455. The molecule has 2 aromatic rings. The Morgan fingerprint density at radius 3 is 2.63 bits per heavy atom. The van der Waals surface area contributed by atoms with Crippen molar-refractivity contribution in [3.63, 3.8) is 0 Å². The minimum absolute atomic E-state index is 0.130. The minimum atomic E-state index is -0.234. The molecule has 4 nitrogen and oxygen atoms in total. The molecule has 1 aromatic heterocycles. The molecule has 3 rings (SSSR count). The maximum Gasteiger partial charge on any atom is 0.230 e. The molecule has 2 atom stereocenters. The normalized spacial score (nSPS) is 18.1.